The molecule has 0 saturated carbocycles. The Morgan fingerprint density at radius 3 is 2.75 bits per heavy atom. The van der Waals surface area contributed by atoms with E-state index in [1.165, 1.54) is 0 Å². The third-order valence-electron chi connectivity index (χ3n) is 2.40. The first-order valence-electron chi connectivity index (χ1n) is 5.79. The van der Waals surface area contributed by atoms with Gasteiger partial charge in [-0.05, 0) is 19.1 Å². The molecule has 2 heterocycles. The molecule has 4 N–H and O–H groups in total. The maximum atomic E-state index is 10.7. The summed E-state index contributed by atoms with van der Waals surface area (Å²) in [4.78, 5) is 14.8. The molecule has 0 aliphatic heterocycles. The number of nitrogens with one attached hydrogen (secondary N) is 1. The lowest BCUT2D eigenvalue weighted by molar-refractivity contribution is -0.138. The molecular formula is C11H13N7O2. The number of nitrogens with zero attached hydrogens (tertiary/aromatic N) is 5. The minimum atomic E-state index is -1.07. The highest BCUT2D eigenvalue weighted by atomic mass is 16.4. The zero-order valence-corrected chi connectivity index (χ0v) is 10.7. The lowest BCUT2D eigenvalue weighted by atomic mass is 10.1. The fourth-order valence-corrected chi connectivity index (χ4v) is 1.44. The van der Waals surface area contributed by atoms with Gasteiger partial charge < -0.3 is 16.2 Å². The van der Waals surface area contributed by atoms with Crippen molar-refractivity contribution in [3.05, 3.63) is 29.8 Å². The number of carboxylic acids is 1. The van der Waals surface area contributed by atoms with Crippen LogP contribution in [-0.2, 0) is 11.2 Å². The average molecular weight is 275 g/mol. The second kappa shape index (κ2) is 5.97. The molecule has 9 heteroatoms. The molecule has 1 atom stereocenters. The third kappa shape index (κ3) is 3.65. The molecule has 2 rings (SSSR count). The molecule has 9 nitrogen and oxygen atoms in total. The molecule has 0 unspecified atom stereocenters. The molecule has 0 fully saturated rings. The van der Waals surface area contributed by atoms with Gasteiger partial charge in [0.25, 0.3) is 5.95 Å². The van der Waals surface area contributed by atoms with E-state index < -0.39 is 12.0 Å². The fourth-order valence-electron chi connectivity index (χ4n) is 1.44. The second-order valence-corrected chi connectivity index (χ2v) is 4.08. The van der Waals surface area contributed by atoms with E-state index in [1.807, 2.05) is 0 Å². The van der Waals surface area contributed by atoms with Gasteiger partial charge in [-0.1, -0.05) is 0 Å². The highest BCUT2D eigenvalue weighted by molar-refractivity contribution is 5.73. The summed E-state index contributed by atoms with van der Waals surface area (Å²) in [5.41, 5.74) is 6.67. The first-order valence-corrected chi connectivity index (χ1v) is 5.79. The lowest BCUT2D eigenvalue weighted by Crippen LogP contribution is -2.32. The highest BCUT2D eigenvalue weighted by Gasteiger charge is 2.13. The summed E-state index contributed by atoms with van der Waals surface area (Å²) < 4.78 is 0. The Balaban J connectivity index is 2.09. The molecule has 0 saturated heterocycles. The lowest BCUT2D eigenvalue weighted by Gasteiger charge is -2.08. The van der Waals surface area contributed by atoms with E-state index >= 15 is 0 Å². The SMILES string of the molecule is Cc1nnc(Nc2ccnc(C[C@H](N)C(=O)O)c2)nn1. The van der Waals surface area contributed by atoms with Crippen LogP contribution in [0.2, 0.25) is 0 Å². The molecule has 2 aromatic heterocycles. The van der Waals surface area contributed by atoms with E-state index in [0.29, 0.717) is 17.2 Å². The van der Waals surface area contributed by atoms with Gasteiger partial charge in [0, 0.05) is 24.0 Å². The number of carbonyl (C=O) groups is 1. The molecule has 0 bridgehead atoms. The van der Waals surface area contributed by atoms with Gasteiger partial charge in [0.2, 0.25) is 0 Å². The minimum Gasteiger partial charge on any atom is -0.480 e. The molecule has 104 valence electrons. The van der Waals surface area contributed by atoms with E-state index in [1.54, 1.807) is 25.3 Å². The Morgan fingerprint density at radius 1 is 1.40 bits per heavy atom. The van der Waals surface area contributed by atoms with Gasteiger partial charge in [-0.2, -0.15) is 0 Å². The predicted octanol–water partition coefficient (Wildman–Crippen LogP) is -0.332. The van der Waals surface area contributed by atoms with Crippen LogP contribution >= 0.6 is 0 Å². The first-order chi connectivity index (χ1) is 9.54. The molecule has 0 aromatic carbocycles. The first kappa shape index (κ1) is 13.7. The summed E-state index contributed by atoms with van der Waals surface area (Å²) in [7, 11) is 0. The number of aliphatic carboxylic acids is 1. The summed E-state index contributed by atoms with van der Waals surface area (Å²) in [6, 6.07) is 2.38. The van der Waals surface area contributed by atoms with Crippen molar-refractivity contribution in [2.45, 2.75) is 19.4 Å². The van der Waals surface area contributed by atoms with Gasteiger partial charge in [-0.25, -0.2) is 0 Å². The molecule has 0 aliphatic rings. The quantitative estimate of drug-likeness (QED) is 0.668. The van der Waals surface area contributed by atoms with Crippen LogP contribution in [0.15, 0.2) is 18.3 Å². The Labute approximate surface area is 114 Å². The van der Waals surface area contributed by atoms with Crippen molar-refractivity contribution < 1.29 is 9.90 Å². The van der Waals surface area contributed by atoms with E-state index in [2.05, 4.69) is 30.7 Å². The fraction of sp³-hybridized carbons (Fsp3) is 0.273. The maximum absolute atomic E-state index is 10.7. The van der Waals surface area contributed by atoms with Crippen LogP contribution in [0.5, 0.6) is 0 Å². The molecule has 0 amide bonds. The molecule has 2 aromatic rings. The van der Waals surface area contributed by atoms with Crippen LogP contribution in [-0.4, -0.2) is 42.5 Å². The molecule has 0 radical (unpaired) electrons. The largest absolute Gasteiger partial charge is 0.480 e. The summed E-state index contributed by atoms with van der Waals surface area (Å²) in [5, 5.41) is 26.8. The van der Waals surface area contributed by atoms with Crippen molar-refractivity contribution in [1.29, 1.82) is 0 Å². The Morgan fingerprint density at radius 2 is 2.10 bits per heavy atom. The van der Waals surface area contributed by atoms with Crippen LogP contribution in [0.4, 0.5) is 11.6 Å². The number of carboxylic acid groups (broad SMARTS) is 1. The number of hydrogen-bond donors (Lipinski definition) is 3. The van der Waals surface area contributed by atoms with Gasteiger partial charge in [0.1, 0.15) is 6.04 Å². The number of nitrogens with two attached hydrogens (primary N) is 1. The summed E-state index contributed by atoms with van der Waals surface area (Å²) >= 11 is 0. The van der Waals surface area contributed by atoms with Crippen LogP contribution < -0.4 is 11.1 Å². The Bertz CT molecular complexity index is 602. The molecule has 20 heavy (non-hydrogen) atoms. The van der Waals surface area contributed by atoms with Crippen molar-refractivity contribution >= 4 is 17.6 Å². The highest BCUT2D eigenvalue weighted by Crippen LogP contribution is 2.12. The van der Waals surface area contributed by atoms with Crippen LogP contribution in [0, 0.1) is 6.92 Å². The normalized spacial score (nSPS) is 11.9. The van der Waals surface area contributed by atoms with E-state index in [0.717, 1.165) is 0 Å². The van der Waals surface area contributed by atoms with Crippen molar-refractivity contribution in [3.63, 3.8) is 0 Å². The van der Waals surface area contributed by atoms with Crippen molar-refractivity contribution in [1.82, 2.24) is 25.4 Å². The number of pyridine rings is 1. The third-order valence-corrected chi connectivity index (χ3v) is 2.40. The van der Waals surface area contributed by atoms with Crippen molar-refractivity contribution in [2.24, 2.45) is 5.73 Å². The summed E-state index contributed by atoms with van der Waals surface area (Å²) in [6.07, 6.45) is 1.68. The van der Waals surface area contributed by atoms with Gasteiger partial charge >= 0.3 is 5.97 Å². The number of rotatable bonds is 5. The molecule has 0 aliphatic carbocycles. The Hall–Kier alpha value is -2.68. The van der Waals surface area contributed by atoms with Crippen molar-refractivity contribution in [3.8, 4) is 0 Å². The molecule has 0 spiro atoms. The zero-order chi connectivity index (χ0) is 14.5. The smallest absolute Gasteiger partial charge is 0.320 e. The number of aromatic nitrogens is 5. The zero-order valence-electron chi connectivity index (χ0n) is 10.7. The topological polar surface area (TPSA) is 140 Å². The van der Waals surface area contributed by atoms with E-state index in [9.17, 15) is 4.79 Å². The summed E-state index contributed by atoms with van der Waals surface area (Å²) in [6.45, 7) is 1.68. The van der Waals surface area contributed by atoms with Crippen LogP contribution in [0.3, 0.4) is 0 Å². The number of aryl methyl sites for hydroxylation is 1. The van der Waals surface area contributed by atoms with Gasteiger partial charge in [-0.15, -0.1) is 20.4 Å². The molecular weight excluding hydrogens is 262 g/mol. The maximum Gasteiger partial charge on any atom is 0.320 e. The standard InChI is InChI=1S/C11H13N7O2/c1-6-15-17-11(18-16-6)14-7-2-3-13-8(4-7)5-9(12)10(19)20/h2-4,9H,5,12H2,1H3,(H,19,20)(H,13,14,17,18)/t9-/m0/s1. The predicted molar refractivity (Wildman–Crippen MR) is 69.2 cm³/mol. The van der Waals surface area contributed by atoms with Crippen LogP contribution in [0.25, 0.3) is 0 Å². The van der Waals surface area contributed by atoms with Gasteiger partial charge in [-0.3, -0.25) is 9.78 Å². The van der Waals surface area contributed by atoms with E-state index in [-0.39, 0.29) is 12.4 Å². The van der Waals surface area contributed by atoms with Crippen LogP contribution in [0.1, 0.15) is 11.5 Å². The number of anilines is 2. The van der Waals surface area contributed by atoms with E-state index in [4.69, 9.17) is 10.8 Å². The van der Waals surface area contributed by atoms with Gasteiger partial charge in [0.15, 0.2) is 5.82 Å². The second-order valence-electron chi connectivity index (χ2n) is 4.08. The Kier molecular flexibility index (Phi) is 4.11. The number of hydrogen-bond acceptors (Lipinski definition) is 8. The monoisotopic (exact) mass is 275 g/mol. The van der Waals surface area contributed by atoms with Crippen molar-refractivity contribution in [2.75, 3.05) is 5.32 Å². The average Bonchev–Trinajstić information content (AvgIpc) is 2.42. The van der Waals surface area contributed by atoms with Gasteiger partial charge in [0.05, 0.1) is 0 Å². The summed E-state index contributed by atoms with van der Waals surface area (Å²) in [5.74, 6) is -0.353. The minimum absolute atomic E-state index is 0.135.